The summed E-state index contributed by atoms with van der Waals surface area (Å²) < 4.78 is 6.00. The van der Waals surface area contributed by atoms with E-state index < -0.39 is 0 Å². The molecular formula is C16H15NO. The van der Waals surface area contributed by atoms with Crippen molar-refractivity contribution >= 4 is 5.69 Å². The van der Waals surface area contributed by atoms with E-state index in [4.69, 9.17) is 4.74 Å². The largest absolute Gasteiger partial charge is 0.457 e. The minimum atomic E-state index is 0.974. The lowest BCUT2D eigenvalue weighted by Crippen LogP contribution is -2.16. The van der Waals surface area contributed by atoms with Gasteiger partial charge in [-0.3, -0.25) is 0 Å². The van der Waals surface area contributed by atoms with Crippen LogP contribution in [0, 0.1) is 0 Å². The van der Waals surface area contributed by atoms with Crippen molar-refractivity contribution in [2.24, 2.45) is 0 Å². The second-order valence-electron chi connectivity index (χ2n) is 4.99. The van der Waals surface area contributed by atoms with Crippen LogP contribution in [0.15, 0.2) is 36.4 Å². The molecule has 2 aromatic carbocycles. The lowest BCUT2D eigenvalue weighted by molar-refractivity contribution is 0.460. The zero-order valence-electron chi connectivity index (χ0n) is 10.2. The van der Waals surface area contributed by atoms with E-state index in [-0.39, 0.29) is 0 Å². The SMILES string of the molecule is c1ccc2c(c1)Cc1c(ccc3c1NCCC3)O2. The quantitative estimate of drug-likeness (QED) is 0.643. The van der Waals surface area contributed by atoms with Crippen molar-refractivity contribution in [3.8, 4) is 11.5 Å². The van der Waals surface area contributed by atoms with Crippen LogP contribution in [-0.4, -0.2) is 6.54 Å². The second kappa shape index (κ2) is 3.77. The molecular weight excluding hydrogens is 222 g/mol. The van der Waals surface area contributed by atoms with Gasteiger partial charge in [0.05, 0.1) is 0 Å². The number of hydrogen-bond acceptors (Lipinski definition) is 2. The lowest BCUT2D eigenvalue weighted by Gasteiger charge is -2.27. The van der Waals surface area contributed by atoms with Crippen molar-refractivity contribution in [3.05, 3.63) is 53.1 Å². The van der Waals surface area contributed by atoms with Crippen LogP contribution in [0.2, 0.25) is 0 Å². The van der Waals surface area contributed by atoms with Gasteiger partial charge in [-0.1, -0.05) is 24.3 Å². The summed E-state index contributed by atoms with van der Waals surface area (Å²) in [7, 11) is 0. The Bertz CT molecular complexity index is 618. The van der Waals surface area contributed by atoms with Crippen molar-refractivity contribution in [1.82, 2.24) is 0 Å². The van der Waals surface area contributed by atoms with Crippen molar-refractivity contribution in [2.75, 3.05) is 11.9 Å². The van der Waals surface area contributed by atoms with Gasteiger partial charge >= 0.3 is 0 Å². The van der Waals surface area contributed by atoms with Crippen LogP contribution >= 0.6 is 0 Å². The second-order valence-corrected chi connectivity index (χ2v) is 4.99. The topological polar surface area (TPSA) is 21.3 Å². The van der Waals surface area contributed by atoms with Gasteiger partial charge in [0.25, 0.3) is 0 Å². The summed E-state index contributed by atoms with van der Waals surface area (Å²) in [5, 5.41) is 3.54. The molecule has 0 saturated carbocycles. The van der Waals surface area contributed by atoms with Gasteiger partial charge in [-0.15, -0.1) is 0 Å². The van der Waals surface area contributed by atoms with E-state index in [0.717, 1.165) is 24.5 Å². The molecule has 90 valence electrons. The molecule has 2 heteroatoms. The number of nitrogens with one attached hydrogen (secondary N) is 1. The first kappa shape index (κ1) is 10.0. The van der Waals surface area contributed by atoms with E-state index in [0.29, 0.717) is 0 Å². The first-order valence-corrected chi connectivity index (χ1v) is 6.56. The average Bonchev–Trinajstić information content (AvgIpc) is 2.45. The Morgan fingerprint density at radius 1 is 0.944 bits per heavy atom. The van der Waals surface area contributed by atoms with Crippen molar-refractivity contribution in [2.45, 2.75) is 19.3 Å². The Labute approximate surface area is 107 Å². The van der Waals surface area contributed by atoms with E-state index in [1.165, 1.54) is 35.2 Å². The van der Waals surface area contributed by atoms with Gasteiger partial charge < -0.3 is 10.1 Å². The van der Waals surface area contributed by atoms with Crippen LogP contribution in [-0.2, 0) is 12.8 Å². The van der Waals surface area contributed by atoms with Crippen LogP contribution in [0.4, 0.5) is 5.69 Å². The van der Waals surface area contributed by atoms with Gasteiger partial charge in [-0.2, -0.15) is 0 Å². The molecule has 0 fully saturated rings. The molecule has 2 aliphatic rings. The molecule has 2 heterocycles. The lowest BCUT2D eigenvalue weighted by atomic mass is 9.93. The van der Waals surface area contributed by atoms with E-state index in [1.807, 2.05) is 12.1 Å². The Hall–Kier alpha value is -1.96. The third-order valence-electron chi connectivity index (χ3n) is 3.84. The molecule has 2 aromatic rings. The summed E-state index contributed by atoms with van der Waals surface area (Å²) in [6.07, 6.45) is 3.38. The molecule has 0 radical (unpaired) electrons. The minimum absolute atomic E-state index is 0.974. The van der Waals surface area contributed by atoms with Gasteiger partial charge in [0.1, 0.15) is 11.5 Å². The molecule has 0 spiro atoms. The highest BCUT2D eigenvalue weighted by Gasteiger charge is 2.22. The van der Waals surface area contributed by atoms with Gasteiger partial charge in [0, 0.05) is 24.2 Å². The molecule has 1 N–H and O–H groups in total. The van der Waals surface area contributed by atoms with E-state index in [1.54, 1.807) is 0 Å². The molecule has 0 amide bonds. The van der Waals surface area contributed by atoms with Gasteiger partial charge in [-0.25, -0.2) is 0 Å². The standard InChI is InChI=1S/C16H15NO/c1-2-6-14-12(4-1)10-13-15(18-14)8-7-11-5-3-9-17-16(11)13/h1-2,4,6-8,17H,3,5,9-10H2. The van der Waals surface area contributed by atoms with Gasteiger partial charge in [0.15, 0.2) is 0 Å². The van der Waals surface area contributed by atoms with Gasteiger partial charge in [0.2, 0.25) is 0 Å². The number of anilines is 1. The smallest absolute Gasteiger partial charge is 0.133 e. The number of benzene rings is 2. The maximum atomic E-state index is 6.00. The number of aryl methyl sites for hydroxylation is 1. The van der Waals surface area contributed by atoms with Crippen molar-refractivity contribution < 1.29 is 4.74 Å². The van der Waals surface area contributed by atoms with Crippen LogP contribution in [0.1, 0.15) is 23.1 Å². The fourth-order valence-electron chi connectivity index (χ4n) is 2.93. The summed E-state index contributed by atoms with van der Waals surface area (Å²) >= 11 is 0. The molecule has 2 nitrogen and oxygen atoms in total. The molecule has 2 aliphatic heterocycles. The third kappa shape index (κ3) is 1.42. The normalized spacial score (nSPS) is 15.8. The van der Waals surface area contributed by atoms with E-state index in [9.17, 15) is 0 Å². The molecule has 0 aliphatic carbocycles. The van der Waals surface area contributed by atoms with Crippen LogP contribution < -0.4 is 10.1 Å². The van der Waals surface area contributed by atoms with Crippen LogP contribution in [0.3, 0.4) is 0 Å². The summed E-state index contributed by atoms with van der Waals surface area (Å²) in [5.41, 5.74) is 5.35. The Balaban J connectivity index is 1.86. The van der Waals surface area contributed by atoms with E-state index >= 15 is 0 Å². The van der Waals surface area contributed by atoms with Crippen molar-refractivity contribution in [3.63, 3.8) is 0 Å². The summed E-state index contributed by atoms with van der Waals surface area (Å²) in [6.45, 7) is 1.07. The third-order valence-corrected chi connectivity index (χ3v) is 3.84. The van der Waals surface area contributed by atoms with Crippen molar-refractivity contribution in [1.29, 1.82) is 0 Å². The highest BCUT2D eigenvalue weighted by molar-refractivity contribution is 5.67. The molecule has 0 bridgehead atoms. The summed E-state index contributed by atoms with van der Waals surface area (Å²) in [6, 6.07) is 12.6. The maximum Gasteiger partial charge on any atom is 0.133 e. The summed E-state index contributed by atoms with van der Waals surface area (Å²) in [5.74, 6) is 2.02. The number of rotatable bonds is 0. The fourth-order valence-corrected chi connectivity index (χ4v) is 2.93. The fraction of sp³-hybridized carbons (Fsp3) is 0.250. The summed E-state index contributed by atoms with van der Waals surface area (Å²) in [4.78, 5) is 0. The van der Waals surface area contributed by atoms with Crippen LogP contribution in [0.5, 0.6) is 11.5 Å². The minimum Gasteiger partial charge on any atom is -0.457 e. The first-order chi connectivity index (χ1) is 8.92. The maximum absolute atomic E-state index is 6.00. The number of hydrogen-bond donors (Lipinski definition) is 1. The zero-order valence-corrected chi connectivity index (χ0v) is 10.2. The molecule has 0 aromatic heterocycles. The molecule has 18 heavy (non-hydrogen) atoms. The zero-order chi connectivity index (χ0) is 11.9. The number of ether oxygens (including phenoxy) is 1. The Kier molecular flexibility index (Phi) is 2.10. The van der Waals surface area contributed by atoms with Crippen LogP contribution in [0.25, 0.3) is 0 Å². The highest BCUT2D eigenvalue weighted by atomic mass is 16.5. The predicted octanol–water partition coefficient (Wildman–Crippen LogP) is 3.74. The molecule has 0 saturated heterocycles. The number of fused-ring (bicyclic) bond motifs is 4. The molecule has 4 rings (SSSR count). The van der Waals surface area contributed by atoms with E-state index in [2.05, 4.69) is 29.6 Å². The highest BCUT2D eigenvalue weighted by Crippen LogP contribution is 2.42. The average molecular weight is 237 g/mol. The monoisotopic (exact) mass is 237 g/mol. The predicted molar refractivity (Wildman–Crippen MR) is 72.6 cm³/mol. The molecule has 0 unspecified atom stereocenters. The Morgan fingerprint density at radius 2 is 1.89 bits per heavy atom. The molecule has 0 atom stereocenters. The number of para-hydroxylation sites is 1. The van der Waals surface area contributed by atoms with Gasteiger partial charge in [-0.05, 0) is 36.1 Å². The Morgan fingerprint density at radius 3 is 2.89 bits per heavy atom. The first-order valence-electron chi connectivity index (χ1n) is 6.56.